The first-order valence-corrected chi connectivity index (χ1v) is 18.4. The highest BCUT2D eigenvalue weighted by Gasteiger charge is 2.30. The minimum atomic E-state index is -1.47. The van der Waals surface area contributed by atoms with Crippen molar-refractivity contribution in [1.29, 1.82) is 0 Å². The van der Waals surface area contributed by atoms with E-state index in [0.717, 1.165) is 12.2 Å². The van der Waals surface area contributed by atoms with Crippen molar-refractivity contribution in [3.05, 3.63) is 83.9 Å². The summed E-state index contributed by atoms with van der Waals surface area (Å²) in [4.78, 5) is 125. The van der Waals surface area contributed by atoms with Crippen LogP contribution in [0.2, 0.25) is 0 Å². The average molecular weight is 822 g/mol. The third-order valence-electron chi connectivity index (χ3n) is 8.30. The lowest BCUT2D eigenvalue weighted by Crippen LogP contribution is -2.59. The number of aliphatic carboxylic acids is 1. The number of primary amides is 1. The number of rotatable bonds is 23. The zero-order chi connectivity index (χ0) is 44.1. The number of carboxylic acid groups (broad SMARTS) is 1. The Kier molecular flexibility index (Phi) is 19.9. The molecule has 0 saturated heterocycles. The Balaban J connectivity index is 2.01. The molecule has 0 fully saturated rings. The van der Waals surface area contributed by atoms with E-state index < -0.39 is 109 Å². The van der Waals surface area contributed by atoms with Gasteiger partial charge in [-0.1, -0.05) is 74.5 Å². The van der Waals surface area contributed by atoms with E-state index in [-0.39, 0.29) is 18.8 Å². The van der Waals surface area contributed by atoms with E-state index in [1.807, 2.05) is 0 Å². The highest BCUT2D eigenvalue weighted by atomic mass is 16.4. The third kappa shape index (κ3) is 18.6. The van der Waals surface area contributed by atoms with E-state index in [2.05, 4.69) is 42.5 Å². The molecule has 0 heterocycles. The van der Waals surface area contributed by atoms with Gasteiger partial charge in [0, 0.05) is 38.5 Å². The fourth-order valence-corrected chi connectivity index (χ4v) is 5.14. The molecule has 0 aliphatic carbocycles. The number of hydrogen-bond donors (Lipinski definition) is 10. The summed E-state index contributed by atoms with van der Waals surface area (Å²) in [5, 5.41) is 28.5. The lowest BCUT2D eigenvalue weighted by molar-refractivity contribution is -0.141. The van der Waals surface area contributed by atoms with Crippen LogP contribution in [0.4, 0.5) is 0 Å². The molecule has 20 nitrogen and oxygen atoms in total. The number of amides is 9. The fraction of sp³-hybridized carbons (Fsp3) is 0.385. The second kappa shape index (κ2) is 24.5. The van der Waals surface area contributed by atoms with E-state index in [1.54, 1.807) is 74.5 Å². The molecule has 9 amide bonds. The molecule has 2 rings (SSSR count). The quantitative estimate of drug-likeness (QED) is 0.0506. The first-order chi connectivity index (χ1) is 27.9. The van der Waals surface area contributed by atoms with Gasteiger partial charge in [-0.3, -0.25) is 43.2 Å². The predicted molar refractivity (Wildman–Crippen MR) is 211 cm³/mol. The molecule has 0 spiro atoms. The van der Waals surface area contributed by atoms with Crippen LogP contribution < -0.4 is 48.3 Å². The summed E-state index contributed by atoms with van der Waals surface area (Å²) in [5.74, 6) is -8.81. The Bertz CT molecular complexity index is 1860. The number of carbonyl (C=O) groups excluding carboxylic acids is 9. The van der Waals surface area contributed by atoms with Crippen LogP contribution in [0.1, 0.15) is 38.8 Å². The van der Waals surface area contributed by atoms with E-state index in [1.165, 1.54) is 13.8 Å². The van der Waals surface area contributed by atoms with Crippen molar-refractivity contribution < 1.29 is 53.1 Å². The number of nitrogens with two attached hydrogens (primary N) is 1. The molecule has 11 N–H and O–H groups in total. The van der Waals surface area contributed by atoms with Gasteiger partial charge in [-0.15, -0.1) is 0 Å². The second-order valence-electron chi connectivity index (χ2n) is 13.6. The van der Waals surface area contributed by atoms with Crippen molar-refractivity contribution in [2.45, 2.75) is 70.7 Å². The molecule has 0 saturated carbocycles. The maximum Gasteiger partial charge on any atom is 0.326 e. The summed E-state index contributed by atoms with van der Waals surface area (Å²) in [6.07, 6.45) is 1.46. The summed E-state index contributed by atoms with van der Waals surface area (Å²) in [6, 6.07) is 10.9. The fourth-order valence-electron chi connectivity index (χ4n) is 5.14. The lowest BCUT2D eigenvalue weighted by Gasteiger charge is -2.25. The van der Waals surface area contributed by atoms with Gasteiger partial charge >= 0.3 is 5.97 Å². The van der Waals surface area contributed by atoms with Crippen LogP contribution in [0.5, 0.6) is 0 Å². The maximum atomic E-state index is 13.5. The molecular weight excluding hydrogens is 770 g/mol. The SMILES string of the molecule is CC(=O)NC[C@H](NC(=O)/C=C/C(=O)NCC(=O)NCC(=O)N[C@@H](Cc1ccccc1)C(=O)O)C(=O)N[C@@H](Cc1ccccc1)C(=O)N[C@@H](C)C(=O)N[C@H](C(N)=O)C(C)C. The summed E-state index contributed by atoms with van der Waals surface area (Å²) in [7, 11) is 0. The zero-order valence-corrected chi connectivity index (χ0v) is 33.0. The summed E-state index contributed by atoms with van der Waals surface area (Å²) in [6.45, 7) is 4.26. The maximum absolute atomic E-state index is 13.5. The van der Waals surface area contributed by atoms with Crippen LogP contribution in [0, 0.1) is 5.92 Å². The number of nitrogens with one attached hydrogen (secondary N) is 8. The van der Waals surface area contributed by atoms with Gasteiger partial charge in [0.05, 0.1) is 13.1 Å². The van der Waals surface area contributed by atoms with Gasteiger partial charge in [-0.05, 0) is 24.0 Å². The third-order valence-corrected chi connectivity index (χ3v) is 8.30. The molecule has 0 aromatic heterocycles. The van der Waals surface area contributed by atoms with Crippen molar-refractivity contribution in [3.63, 3.8) is 0 Å². The minimum Gasteiger partial charge on any atom is -0.480 e. The van der Waals surface area contributed by atoms with E-state index in [9.17, 15) is 53.1 Å². The summed E-state index contributed by atoms with van der Waals surface area (Å²) >= 11 is 0. The molecule has 318 valence electrons. The van der Waals surface area contributed by atoms with Crippen LogP contribution >= 0.6 is 0 Å². The minimum absolute atomic E-state index is 0.0118. The van der Waals surface area contributed by atoms with Crippen molar-refractivity contribution in [2.75, 3.05) is 19.6 Å². The van der Waals surface area contributed by atoms with E-state index >= 15 is 0 Å². The Morgan fingerprint density at radius 2 is 1.12 bits per heavy atom. The number of carbonyl (C=O) groups is 10. The standard InChI is InChI=1S/C39H51N9O11/c1-22(2)34(35(40)54)48-36(55)23(3)44-37(56)27(17-25-11-7-5-8-12-25)47-38(57)29(19-41-24(4)49)46-31(51)16-15-30(50)42-20-32(52)43-21-33(53)45-28(39(58)59)18-26-13-9-6-10-14-26/h5-16,22-23,27-29,34H,17-21H2,1-4H3,(H2,40,54)(H,41,49)(H,42,50)(H,43,52)(H,44,56)(H,45,53)(H,46,51)(H,47,57)(H,48,55)(H,58,59)/b16-15+/t23-,27-,28-,29-,34-/m0/s1. The lowest BCUT2D eigenvalue weighted by atomic mass is 10.0. The Morgan fingerprint density at radius 1 is 0.593 bits per heavy atom. The van der Waals surface area contributed by atoms with Crippen LogP contribution in [0.3, 0.4) is 0 Å². The molecule has 0 unspecified atom stereocenters. The molecule has 0 aliphatic heterocycles. The first-order valence-electron chi connectivity index (χ1n) is 18.4. The van der Waals surface area contributed by atoms with Crippen molar-refractivity contribution in [3.8, 4) is 0 Å². The molecule has 2 aromatic rings. The molecule has 2 aromatic carbocycles. The number of benzene rings is 2. The van der Waals surface area contributed by atoms with Crippen molar-refractivity contribution in [1.82, 2.24) is 42.5 Å². The van der Waals surface area contributed by atoms with Crippen LogP contribution in [0.15, 0.2) is 72.8 Å². The monoisotopic (exact) mass is 821 g/mol. The number of carboxylic acids is 1. The molecule has 5 atom stereocenters. The molecule has 0 bridgehead atoms. The molecule has 20 heteroatoms. The van der Waals surface area contributed by atoms with Gasteiger partial charge < -0.3 is 53.4 Å². The van der Waals surface area contributed by atoms with Crippen LogP contribution in [-0.4, -0.2) is 114 Å². The van der Waals surface area contributed by atoms with Gasteiger partial charge in [0.1, 0.15) is 30.2 Å². The largest absolute Gasteiger partial charge is 0.480 e. The summed E-state index contributed by atoms with van der Waals surface area (Å²) in [5.41, 5.74) is 6.68. The molecule has 0 aliphatic rings. The Labute approximate surface area is 340 Å². The number of hydrogen-bond acceptors (Lipinski definition) is 10. The highest BCUT2D eigenvalue weighted by Crippen LogP contribution is 2.07. The van der Waals surface area contributed by atoms with Crippen molar-refractivity contribution in [2.24, 2.45) is 11.7 Å². The van der Waals surface area contributed by atoms with Crippen LogP contribution in [-0.2, 0) is 60.8 Å². The van der Waals surface area contributed by atoms with Gasteiger partial charge in [0.2, 0.25) is 53.2 Å². The predicted octanol–water partition coefficient (Wildman–Crippen LogP) is -2.93. The Hall–Kier alpha value is -7.12. The van der Waals surface area contributed by atoms with Gasteiger partial charge in [-0.2, -0.15) is 0 Å². The smallest absolute Gasteiger partial charge is 0.326 e. The molecule has 59 heavy (non-hydrogen) atoms. The van der Waals surface area contributed by atoms with Gasteiger partial charge in [0.15, 0.2) is 0 Å². The first kappa shape index (κ1) is 48.0. The molecule has 0 radical (unpaired) electrons. The van der Waals surface area contributed by atoms with Crippen LogP contribution in [0.25, 0.3) is 0 Å². The zero-order valence-electron chi connectivity index (χ0n) is 33.0. The summed E-state index contributed by atoms with van der Waals surface area (Å²) < 4.78 is 0. The average Bonchev–Trinajstić information content (AvgIpc) is 3.18. The van der Waals surface area contributed by atoms with E-state index in [0.29, 0.717) is 11.1 Å². The van der Waals surface area contributed by atoms with Crippen molar-refractivity contribution >= 4 is 59.1 Å². The normalized spacial score (nSPS) is 13.3. The Morgan fingerprint density at radius 3 is 1.64 bits per heavy atom. The topological polar surface area (TPSA) is 313 Å². The second-order valence-corrected chi connectivity index (χ2v) is 13.6. The molecular formula is C39H51N9O11. The highest BCUT2D eigenvalue weighted by molar-refractivity contribution is 6.00. The van der Waals surface area contributed by atoms with E-state index in [4.69, 9.17) is 5.73 Å². The van der Waals surface area contributed by atoms with Gasteiger partial charge in [0.25, 0.3) is 0 Å². The van der Waals surface area contributed by atoms with Gasteiger partial charge in [-0.25, -0.2) is 4.79 Å².